The molecule has 0 spiro atoms. The number of amides is 1. The van der Waals surface area contributed by atoms with Crippen molar-refractivity contribution in [1.82, 2.24) is 0 Å². The van der Waals surface area contributed by atoms with Crippen molar-refractivity contribution >= 4 is 29.3 Å². The van der Waals surface area contributed by atoms with Crippen LogP contribution in [0.2, 0.25) is 0 Å². The molecule has 0 aliphatic heterocycles. The Kier molecular flexibility index (Phi) is 6.44. The molecule has 1 N–H and O–H groups in total. The second-order valence-corrected chi connectivity index (χ2v) is 6.94. The molecule has 0 aromatic heterocycles. The van der Waals surface area contributed by atoms with E-state index in [1.54, 1.807) is 6.92 Å². The van der Waals surface area contributed by atoms with Crippen LogP contribution in [0.25, 0.3) is 0 Å². The van der Waals surface area contributed by atoms with Gasteiger partial charge in [-0.25, -0.2) is 0 Å². The number of benzene rings is 2. The summed E-state index contributed by atoms with van der Waals surface area (Å²) in [6, 6.07) is 15.3. The van der Waals surface area contributed by atoms with Gasteiger partial charge in [0.05, 0.1) is 0 Å². The van der Waals surface area contributed by atoms with Gasteiger partial charge in [-0.3, -0.25) is 9.59 Å². The van der Waals surface area contributed by atoms with Crippen LogP contribution in [0.15, 0.2) is 53.4 Å². The van der Waals surface area contributed by atoms with Crippen LogP contribution >= 0.6 is 11.8 Å². The molecule has 2 rings (SSSR count). The lowest BCUT2D eigenvalue weighted by Crippen LogP contribution is -2.24. The molecule has 24 heavy (non-hydrogen) atoms. The van der Waals surface area contributed by atoms with Gasteiger partial charge in [0.1, 0.15) is 5.25 Å². The minimum Gasteiger partial charge on any atom is -0.455 e. The first-order valence-electron chi connectivity index (χ1n) is 7.71. The van der Waals surface area contributed by atoms with Gasteiger partial charge < -0.3 is 10.1 Å². The van der Waals surface area contributed by atoms with E-state index in [2.05, 4.69) is 5.32 Å². The van der Waals surface area contributed by atoms with Crippen molar-refractivity contribution in [3.63, 3.8) is 0 Å². The van der Waals surface area contributed by atoms with Crippen LogP contribution in [0, 0.1) is 13.8 Å². The minimum atomic E-state index is -0.404. The molecule has 0 radical (unpaired) electrons. The van der Waals surface area contributed by atoms with Crippen molar-refractivity contribution in [1.29, 1.82) is 0 Å². The van der Waals surface area contributed by atoms with Crippen LogP contribution < -0.4 is 5.32 Å². The number of hydrogen-bond donors (Lipinski definition) is 1. The highest BCUT2D eigenvalue weighted by molar-refractivity contribution is 8.00. The van der Waals surface area contributed by atoms with Crippen LogP contribution in [0.1, 0.15) is 18.1 Å². The van der Waals surface area contributed by atoms with Crippen LogP contribution in [-0.4, -0.2) is 23.7 Å². The second-order valence-electron chi connectivity index (χ2n) is 5.53. The van der Waals surface area contributed by atoms with Crippen molar-refractivity contribution in [3.05, 3.63) is 59.7 Å². The summed E-state index contributed by atoms with van der Waals surface area (Å²) in [6.07, 6.45) is 0. The molecular weight excluding hydrogens is 322 g/mol. The zero-order valence-corrected chi connectivity index (χ0v) is 14.9. The predicted octanol–water partition coefficient (Wildman–Crippen LogP) is 3.97. The molecule has 0 aliphatic rings. The Labute approximate surface area is 146 Å². The zero-order valence-electron chi connectivity index (χ0n) is 14.0. The molecule has 5 heteroatoms. The van der Waals surface area contributed by atoms with E-state index in [1.165, 1.54) is 11.8 Å². The van der Waals surface area contributed by atoms with Gasteiger partial charge in [0.2, 0.25) is 0 Å². The lowest BCUT2D eigenvalue weighted by atomic mass is 10.1. The maximum atomic E-state index is 12.0. The summed E-state index contributed by atoms with van der Waals surface area (Å²) < 4.78 is 5.09. The Morgan fingerprint density at radius 2 is 1.79 bits per heavy atom. The van der Waals surface area contributed by atoms with E-state index < -0.39 is 5.97 Å². The molecule has 0 saturated heterocycles. The number of thioether (sulfide) groups is 1. The van der Waals surface area contributed by atoms with E-state index in [0.29, 0.717) is 5.69 Å². The standard InChI is InChI=1S/C19H21NO3S/c1-13-9-10-16(11-14(13)2)20-18(21)12-23-19(22)15(3)24-17-7-5-4-6-8-17/h4-11,15H,12H2,1-3H3,(H,20,21)/t15-/m0/s1. The summed E-state index contributed by atoms with van der Waals surface area (Å²) in [5.74, 6) is -0.748. The van der Waals surface area contributed by atoms with Crippen molar-refractivity contribution in [2.75, 3.05) is 11.9 Å². The second kappa shape index (κ2) is 8.55. The molecule has 2 aromatic rings. The maximum Gasteiger partial charge on any atom is 0.319 e. The third-order valence-electron chi connectivity index (χ3n) is 3.52. The summed E-state index contributed by atoms with van der Waals surface area (Å²) in [5, 5.41) is 2.36. The fraction of sp³-hybridized carbons (Fsp3) is 0.263. The first-order chi connectivity index (χ1) is 11.5. The van der Waals surface area contributed by atoms with E-state index in [4.69, 9.17) is 4.74 Å². The highest BCUT2D eigenvalue weighted by atomic mass is 32.2. The molecule has 0 aliphatic carbocycles. The van der Waals surface area contributed by atoms with Gasteiger partial charge >= 0.3 is 5.97 Å². The van der Waals surface area contributed by atoms with Gasteiger partial charge in [0, 0.05) is 10.6 Å². The van der Waals surface area contributed by atoms with Crippen LogP contribution in [0.3, 0.4) is 0 Å². The fourth-order valence-corrected chi connectivity index (χ4v) is 2.91. The van der Waals surface area contributed by atoms with Gasteiger partial charge in [-0.2, -0.15) is 0 Å². The van der Waals surface area contributed by atoms with Gasteiger partial charge in [0.15, 0.2) is 6.61 Å². The molecule has 126 valence electrons. The van der Waals surface area contributed by atoms with Gasteiger partial charge in [0.25, 0.3) is 5.91 Å². The topological polar surface area (TPSA) is 55.4 Å². The first-order valence-corrected chi connectivity index (χ1v) is 8.59. The van der Waals surface area contributed by atoms with E-state index in [0.717, 1.165) is 16.0 Å². The zero-order chi connectivity index (χ0) is 17.5. The van der Waals surface area contributed by atoms with E-state index in [1.807, 2.05) is 62.4 Å². The molecule has 1 amide bonds. The Bertz CT molecular complexity index is 716. The number of aryl methyl sites for hydroxylation is 2. The summed E-state index contributed by atoms with van der Waals surface area (Å²) >= 11 is 1.40. The van der Waals surface area contributed by atoms with E-state index >= 15 is 0 Å². The number of nitrogens with one attached hydrogen (secondary N) is 1. The highest BCUT2D eigenvalue weighted by Gasteiger charge is 2.17. The molecule has 1 atom stereocenters. The predicted molar refractivity (Wildman–Crippen MR) is 97.3 cm³/mol. The first kappa shape index (κ1) is 18.1. The molecule has 0 saturated carbocycles. The number of hydrogen-bond acceptors (Lipinski definition) is 4. The molecular formula is C19H21NO3S. The number of ether oxygens (including phenoxy) is 1. The lowest BCUT2D eigenvalue weighted by Gasteiger charge is -2.12. The minimum absolute atomic E-state index is 0.286. The Morgan fingerprint density at radius 3 is 2.46 bits per heavy atom. The molecule has 0 fully saturated rings. The number of carbonyl (C=O) groups excluding carboxylic acids is 2. The van der Waals surface area contributed by atoms with Crippen LogP contribution in [-0.2, 0) is 14.3 Å². The molecule has 2 aromatic carbocycles. The molecule has 0 heterocycles. The van der Waals surface area contributed by atoms with Crippen molar-refractivity contribution in [3.8, 4) is 0 Å². The number of carbonyl (C=O) groups is 2. The van der Waals surface area contributed by atoms with E-state index in [-0.39, 0.29) is 17.8 Å². The van der Waals surface area contributed by atoms with Crippen LogP contribution in [0.4, 0.5) is 5.69 Å². The fourth-order valence-electron chi connectivity index (χ4n) is 2.02. The lowest BCUT2D eigenvalue weighted by molar-refractivity contribution is -0.146. The summed E-state index contributed by atoms with van der Waals surface area (Å²) in [6.45, 7) is 5.47. The van der Waals surface area contributed by atoms with E-state index in [9.17, 15) is 9.59 Å². The normalized spacial score (nSPS) is 11.6. The van der Waals surface area contributed by atoms with Crippen molar-refractivity contribution in [2.45, 2.75) is 30.9 Å². The van der Waals surface area contributed by atoms with Gasteiger partial charge in [-0.05, 0) is 56.2 Å². The SMILES string of the molecule is Cc1ccc(NC(=O)COC(=O)[C@H](C)Sc2ccccc2)cc1C. The number of anilines is 1. The molecule has 0 bridgehead atoms. The summed E-state index contributed by atoms with van der Waals surface area (Å²) in [4.78, 5) is 24.9. The Morgan fingerprint density at radius 1 is 1.08 bits per heavy atom. The van der Waals surface area contributed by atoms with Gasteiger partial charge in [-0.1, -0.05) is 24.3 Å². The quantitative estimate of drug-likeness (QED) is 0.637. The Hall–Kier alpha value is -2.27. The average Bonchev–Trinajstić information content (AvgIpc) is 2.57. The number of esters is 1. The largest absolute Gasteiger partial charge is 0.455 e. The smallest absolute Gasteiger partial charge is 0.319 e. The highest BCUT2D eigenvalue weighted by Crippen LogP contribution is 2.23. The van der Waals surface area contributed by atoms with Crippen molar-refractivity contribution in [2.24, 2.45) is 0 Å². The average molecular weight is 343 g/mol. The molecule has 0 unspecified atom stereocenters. The monoisotopic (exact) mass is 343 g/mol. The summed E-state index contributed by atoms with van der Waals surface area (Å²) in [7, 11) is 0. The Balaban J connectivity index is 1.80. The summed E-state index contributed by atoms with van der Waals surface area (Å²) in [5.41, 5.74) is 2.95. The maximum absolute atomic E-state index is 12.0. The molecule has 4 nitrogen and oxygen atoms in total. The van der Waals surface area contributed by atoms with Crippen LogP contribution in [0.5, 0.6) is 0 Å². The third-order valence-corrected chi connectivity index (χ3v) is 4.61. The number of rotatable bonds is 6. The third kappa shape index (κ3) is 5.42. The van der Waals surface area contributed by atoms with Gasteiger partial charge in [-0.15, -0.1) is 11.8 Å². The van der Waals surface area contributed by atoms with Crippen molar-refractivity contribution < 1.29 is 14.3 Å².